The number of methoxy groups -OCH3 is 1. The lowest BCUT2D eigenvalue weighted by molar-refractivity contribution is -0.119. The molecule has 3 N–H and O–H groups in total. The molecule has 1 aliphatic rings. The third-order valence-corrected chi connectivity index (χ3v) is 3.21. The molecule has 134 valence electrons. The number of aliphatic imine (C=N–C) groups is 1. The van der Waals surface area contributed by atoms with Crippen LogP contribution in [0, 0.1) is 0 Å². The Morgan fingerprint density at radius 2 is 2.13 bits per heavy atom. The first-order valence-corrected chi connectivity index (χ1v) is 8.23. The minimum atomic E-state index is -0.121. The van der Waals surface area contributed by atoms with Crippen LogP contribution in [0.5, 0.6) is 0 Å². The number of hydrogen-bond donors (Lipinski definition) is 3. The average Bonchev–Trinajstić information content (AvgIpc) is 3.06. The van der Waals surface area contributed by atoms with Gasteiger partial charge in [0.15, 0.2) is 5.96 Å². The number of rotatable bonds is 11. The number of carbonyl (C=O) groups is 1. The van der Waals surface area contributed by atoms with Crippen molar-refractivity contribution < 1.29 is 19.0 Å². The summed E-state index contributed by atoms with van der Waals surface area (Å²) in [6, 6.07) is 0. The average molecular weight is 330 g/mol. The molecule has 1 fully saturated rings. The summed E-state index contributed by atoms with van der Waals surface area (Å²) in [7, 11) is 1.60. The minimum absolute atomic E-state index is 0.0922. The van der Waals surface area contributed by atoms with Crippen molar-refractivity contribution in [1.82, 2.24) is 16.0 Å². The number of guanidine groups is 1. The van der Waals surface area contributed by atoms with Gasteiger partial charge in [0, 0.05) is 40.0 Å². The number of nitrogens with zero attached hydrogens (tertiary/aromatic N) is 1. The Balaban J connectivity index is 2.14. The lowest BCUT2D eigenvalue weighted by Gasteiger charge is -2.13. The van der Waals surface area contributed by atoms with Gasteiger partial charge in [-0.15, -0.1) is 0 Å². The quantitative estimate of drug-likeness (QED) is 0.269. The number of carbonyl (C=O) groups excluding carboxylic acids is 1. The van der Waals surface area contributed by atoms with E-state index in [4.69, 9.17) is 14.2 Å². The SMILES string of the molecule is CCNC(=NCC(=O)NCCOC)NCCCOC1CCOC1. The maximum atomic E-state index is 11.6. The van der Waals surface area contributed by atoms with Crippen molar-refractivity contribution in [1.29, 1.82) is 0 Å². The van der Waals surface area contributed by atoms with E-state index in [2.05, 4.69) is 20.9 Å². The molecule has 1 heterocycles. The second-order valence-corrected chi connectivity index (χ2v) is 5.17. The molecule has 0 aliphatic carbocycles. The van der Waals surface area contributed by atoms with Crippen molar-refractivity contribution in [3.63, 3.8) is 0 Å². The van der Waals surface area contributed by atoms with Gasteiger partial charge in [0.25, 0.3) is 0 Å². The molecule has 23 heavy (non-hydrogen) atoms. The molecule has 0 bridgehead atoms. The van der Waals surface area contributed by atoms with Crippen molar-refractivity contribution >= 4 is 11.9 Å². The molecule has 1 amide bonds. The number of nitrogens with one attached hydrogen (secondary N) is 3. The fraction of sp³-hybridized carbons (Fsp3) is 0.867. The molecule has 0 aromatic rings. The second-order valence-electron chi connectivity index (χ2n) is 5.17. The van der Waals surface area contributed by atoms with Crippen molar-refractivity contribution in [2.24, 2.45) is 4.99 Å². The maximum Gasteiger partial charge on any atom is 0.241 e. The Bertz CT molecular complexity index is 346. The third kappa shape index (κ3) is 10.1. The van der Waals surface area contributed by atoms with Gasteiger partial charge < -0.3 is 30.2 Å². The Kier molecular flexibility index (Phi) is 11.2. The highest BCUT2D eigenvalue weighted by molar-refractivity contribution is 5.84. The standard InChI is InChI=1S/C15H30N4O4/c1-3-16-15(19-11-14(20)17-7-10-21-2)18-6-4-8-23-13-5-9-22-12-13/h13H,3-12H2,1-2H3,(H,17,20)(H2,16,18,19). The Hall–Kier alpha value is -1.38. The summed E-state index contributed by atoms with van der Waals surface area (Å²) in [5.41, 5.74) is 0. The monoisotopic (exact) mass is 330 g/mol. The molecule has 1 unspecified atom stereocenters. The predicted molar refractivity (Wildman–Crippen MR) is 88.7 cm³/mol. The molecule has 0 spiro atoms. The van der Waals surface area contributed by atoms with Gasteiger partial charge in [-0.3, -0.25) is 4.79 Å². The largest absolute Gasteiger partial charge is 0.383 e. The predicted octanol–water partition coefficient (Wildman–Crippen LogP) is -0.500. The van der Waals surface area contributed by atoms with E-state index in [-0.39, 0.29) is 18.6 Å². The normalized spacial score (nSPS) is 18.0. The highest BCUT2D eigenvalue weighted by Gasteiger charge is 2.15. The third-order valence-electron chi connectivity index (χ3n) is 3.21. The van der Waals surface area contributed by atoms with Crippen molar-refractivity contribution in [3.8, 4) is 0 Å². The van der Waals surface area contributed by atoms with Crippen LogP contribution < -0.4 is 16.0 Å². The van der Waals surface area contributed by atoms with Crippen LogP contribution in [-0.2, 0) is 19.0 Å². The van der Waals surface area contributed by atoms with Gasteiger partial charge in [0.05, 0.1) is 19.3 Å². The smallest absolute Gasteiger partial charge is 0.241 e. The molecule has 8 heteroatoms. The zero-order valence-corrected chi connectivity index (χ0v) is 14.2. The van der Waals surface area contributed by atoms with Gasteiger partial charge in [-0.25, -0.2) is 4.99 Å². The first-order valence-electron chi connectivity index (χ1n) is 8.23. The highest BCUT2D eigenvalue weighted by atomic mass is 16.5. The van der Waals surface area contributed by atoms with Crippen LogP contribution in [0.25, 0.3) is 0 Å². The topological polar surface area (TPSA) is 93.2 Å². The molecule has 8 nitrogen and oxygen atoms in total. The van der Waals surface area contributed by atoms with Crippen molar-refractivity contribution in [3.05, 3.63) is 0 Å². The molecular weight excluding hydrogens is 300 g/mol. The van der Waals surface area contributed by atoms with Crippen LogP contribution in [0.3, 0.4) is 0 Å². The lowest BCUT2D eigenvalue weighted by Crippen LogP contribution is -2.39. The van der Waals surface area contributed by atoms with Gasteiger partial charge in [-0.1, -0.05) is 0 Å². The van der Waals surface area contributed by atoms with E-state index in [1.54, 1.807) is 7.11 Å². The molecule has 0 aromatic heterocycles. The minimum Gasteiger partial charge on any atom is -0.383 e. The van der Waals surface area contributed by atoms with Crippen molar-refractivity contribution in [2.45, 2.75) is 25.9 Å². The van der Waals surface area contributed by atoms with Crippen LogP contribution in [-0.4, -0.2) is 77.7 Å². The number of amides is 1. The van der Waals surface area contributed by atoms with Gasteiger partial charge in [-0.2, -0.15) is 0 Å². The summed E-state index contributed by atoms with van der Waals surface area (Å²) in [6.07, 6.45) is 2.10. The van der Waals surface area contributed by atoms with Crippen LogP contribution >= 0.6 is 0 Å². The first kappa shape index (κ1) is 19.7. The second kappa shape index (κ2) is 13.1. The fourth-order valence-electron chi connectivity index (χ4n) is 2.01. The zero-order chi connectivity index (χ0) is 16.8. The van der Waals surface area contributed by atoms with E-state index in [1.807, 2.05) is 6.92 Å². The van der Waals surface area contributed by atoms with Crippen LogP contribution in [0.1, 0.15) is 19.8 Å². The number of ether oxygens (including phenoxy) is 3. The molecule has 1 aliphatic heterocycles. The van der Waals surface area contributed by atoms with Gasteiger partial charge in [0.1, 0.15) is 6.54 Å². The summed E-state index contributed by atoms with van der Waals surface area (Å²) in [5.74, 6) is 0.516. The molecule has 0 aromatic carbocycles. The Morgan fingerprint density at radius 1 is 1.26 bits per heavy atom. The molecule has 1 rings (SSSR count). The van der Waals surface area contributed by atoms with Gasteiger partial charge in [-0.05, 0) is 19.8 Å². The molecular formula is C15H30N4O4. The van der Waals surface area contributed by atoms with E-state index in [1.165, 1.54) is 0 Å². The summed E-state index contributed by atoms with van der Waals surface area (Å²) in [4.78, 5) is 15.8. The van der Waals surface area contributed by atoms with E-state index >= 15 is 0 Å². The Labute approximate surface area is 138 Å². The first-order chi connectivity index (χ1) is 11.3. The van der Waals surface area contributed by atoms with Gasteiger partial charge in [0.2, 0.25) is 5.91 Å². The summed E-state index contributed by atoms with van der Waals surface area (Å²) >= 11 is 0. The lowest BCUT2D eigenvalue weighted by atomic mass is 10.3. The van der Waals surface area contributed by atoms with E-state index in [0.717, 1.165) is 32.5 Å². The van der Waals surface area contributed by atoms with Crippen LogP contribution in [0.15, 0.2) is 4.99 Å². The molecule has 0 saturated carbocycles. The van der Waals surface area contributed by atoms with E-state index < -0.39 is 0 Å². The van der Waals surface area contributed by atoms with Crippen molar-refractivity contribution in [2.75, 3.05) is 59.7 Å². The van der Waals surface area contributed by atoms with Crippen LogP contribution in [0.4, 0.5) is 0 Å². The summed E-state index contributed by atoms with van der Waals surface area (Å²) in [5, 5.41) is 9.03. The van der Waals surface area contributed by atoms with E-state index in [9.17, 15) is 4.79 Å². The fourth-order valence-corrected chi connectivity index (χ4v) is 2.01. The molecule has 1 atom stereocenters. The summed E-state index contributed by atoms with van der Waals surface area (Å²) < 4.78 is 15.8. The van der Waals surface area contributed by atoms with E-state index in [0.29, 0.717) is 32.3 Å². The molecule has 0 radical (unpaired) electrons. The highest BCUT2D eigenvalue weighted by Crippen LogP contribution is 2.07. The van der Waals surface area contributed by atoms with Gasteiger partial charge >= 0.3 is 0 Å². The Morgan fingerprint density at radius 3 is 2.83 bits per heavy atom. The maximum absolute atomic E-state index is 11.6. The molecule has 1 saturated heterocycles. The number of hydrogen-bond acceptors (Lipinski definition) is 5. The van der Waals surface area contributed by atoms with Crippen LogP contribution in [0.2, 0.25) is 0 Å². The zero-order valence-electron chi connectivity index (χ0n) is 14.2. The summed E-state index contributed by atoms with van der Waals surface area (Å²) in [6.45, 7) is 6.75.